The number of benzene rings is 2. The summed E-state index contributed by atoms with van der Waals surface area (Å²) in [4.78, 5) is 41.1. The number of pyridine rings is 2. The maximum Gasteiger partial charge on any atom is 0.259 e. The van der Waals surface area contributed by atoms with Crippen molar-refractivity contribution in [3.05, 3.63) is 118 Å². The molecule has 2 aromatic carbocycles. The highest BCUT2D eigenvalue weighted by Gasteiger charge is 2.25. The van der Waals surface area contributed by atoms with Gasteiger partial charge in [-0.3, -0.25) is 18.4 Å². The summed E-state index contributed by atoms with van der Waals surface area (Å²) < 4.78 is 40.9. The van der Waals surface area contributed by atoms with Crippen LogP contribution in [0.3, 0.4) is 0 Å². The standard InChI is InChI=1S/C21H23FN4O2.C20H21FN4O2/c1-24(2)16-8-9-25(13-16)20-11-21(27)26-12-15(5-7-19(26)23-20)14-4-6-18(28-3)17(22)10-14;1-27-17-4-2-13(10-16(17)21)14-3-5-18-23-19(11-20(26)25(18)12-14)24-8-6-15(22)7-9-24/h4-7,10-12,16H,8-9,13H2,1-3H3;2-5,10-12,15H,6-9,22H2,1H3/t16-;/m1./s1. The molecule has 286 valence electrons. The van der Waals surface area contributed by atoms with Gasteiger partial charge >= 0.3 is 0 Å². The lowest BCUT2D eigenvalue weighted by molar-refractivity contribution is 0.315. The number of halogens is 2. The molecule has 12 nitrogen and oxygen atoms in total. The van der Waals surface area contributed by atoms with Crippen LogP contribution in [-0.2, 0) is 0 Å². The summed E-state index contributed by atoms with van der Waals surface area (Å²) in [5.74, 6) is 0.872. The van der Waals surface area contributed by atoms with E-state index in [9.17, 15) is 18.4 Å². The largest absolute Gasteiger partial charge is 0.494 e. The Labute approximate surface area is 317 Å². The summed E-state index contributed by atoms with van der Waals surface area (Å²) in [5.41, 5.74) is 9.57. The summed E-state index contributed by atoms with van der Waals surface area (Å²) in [6.45, 7) is 3.34. The molecule has 0 bridgehead atoms. The number of rotatable bonds is 7. The Morgan fingerprint density at radius 1 is 0.655 bits per heavy atom. The lowest BCUT2D eigenvalue weighted by Crippen LogP contribution is -2.40. The molecule has 0 amide bonds. The summed E-state index contributed by atoms with van der Waals surface area (Å²) in [6, 6.07) is 20.5. The van der Waals surface area contributed by atoms with E-state index in [4.69, 9.17) is 15.2 Å². The van der Waals surface area contributed by atoms with Crippen LogP contribution in [0.2, 0.25) is 0 Å². The van der Waals surface area contributed by atoms with Crippen molar-refractivity contribution < 1.29 is 18.3 Å². The van der Waals surface area contributed by atoms with Crippen LogP contribution < -0.4 is 36.1 Å². The van der Waals surface area contributed by atoms with Gasteiger partial charge in [0.25, 0.3) is 11.1 Å². The lowest BCUT2D eigenvalue weighted by atomic mass is 10.1. The average Bonchev–Trinajstić information content (AvgIpc) is 3.69. The maximum absolute atomic E-state index is 14.0. The monoisotopic (exact) mass is 750 g/mol. The third-order valence-corrected chi connectivity index (χ3v) is 10.3. The second-order valence-electron chi connectivity index (χ2n) is 14.1. The Balaban J connectivity index is 0.000000169. The number of fused-ring (bicyclic) bond motifs is 2. The first-order chi connectivity index (χ1) is 26.5. The van der Waals surface area contributed by atoms with Gasteiger partial charge in [0, 0.05) is 62.8 Å². The quantitative estimate of drug-likeness (QED) is 0.236. The highest BCUT2D eigenvalue weighted by Crippen LogP contribution is 2.28. The molecule has 6 heterocycles. The molecule has 2 N–H and O–H groups in total. The molecule has 2 aliphatic heterocycles. The highest BCUT2D eigenvalue weighted by molar-refractivity contribution is 5.67. The predicted octanol–water partition coefficient (Wildman–Crippen LogP) is 5.09. The van der Waals surface area contributed by atoms with Crippen molar-refractivity contribution in [2.24, 2.45) is 5.73 Å². The number of likely N-dealkylation sites (N-methyl/N-ethyl adjacent to an activating group) is 1. The molecule has 0 radical (unpaired) electrons. The summed E-state index contributed by atoms with van der Waals surface area (Å²) in [5, 5.41) is 0. The molecule has 0 aliphatic carbocycles. The van der Waals surface area contributed by atoms with Gasteiger partial charge in [0.1, 0.15) is 22.9 Å². The summed E-state index contributed by atoms with van der Waals surface area (Å²) in [6.07, 6.45) is 6.21. The molecule has 2 fully saturated rings. The molecule has 6 aromatic rings. The van der Waals surface area contributed by atoms with Crippen LogP contribution in [0.5, 0.6) is 11.5 Å². The smallest absolute Gasteiger partial charge is 0.259 e. The van der Waals surface area contributed by atoms with E-state index in [1.165, 1.54) is 35.2 Å². The van der Waals surface area contributed by atoms with E-state index in [1.54, 1.807) is 60.9 Å². The van der Waals surface area contributed by atoms with Crippen LogP contribution in [-0.4, -0.2) is 90.2 Å². The van der Waals surface area contributed by atoms with Gasteiger partial charge in [0.05, 0.1) is 14.2 Å². The molecule has 1 atom stereocenters. The summed E-state index contributed by atoms with van der Waals surface area (Å²) >= 11 is 0. The highest BCUT2D eigenvalue weighted by atomic mass is 19.1. The Morgan fingerprint density at radius 2 is 1.11 bits per heavy atom. The molecule has 2 aliphatic rings. The van der Waals surface area contributed by atoms with Crippen LogP contribution in [0.15, 0.2) is 94.8 Å². The molecule has 4 aromatic heterocycles. The zero-order chi connectivity index (χ0) is 38.8. The van der Waals surface area contributed by atoms with Gasteiger partial charge in [0.2, 0.25) is 0 Å². The molecule has 14 heteroatoms. The van der Waals surface area contributed by atoms with Crippen LogP contribution >= 0.6 is 0 Å². The van der Waals surface area contributed by atoms with Crippen molar-refractivity contribution in [2.45, 2.75) is 31.3 Å². The predicted molar refractivity (Wildman–Crippen MR) is 211 cm³/mol. The number of methoxy groups -OCH3 is 2. The summed E-state index contributed by atoms with van der Waals surface area (Å²) in [7, 11) is 6.99. The fraction of sp³-hybridized carbons (Fsp3) is 0.317. The van der Waals surface area contributed by atoms with Gasteiger partial charge in [-0.25, -0.2) is 18.7 Å². The van der Waals surface area contributed by atoms with Gasteiger partial charge in [-0.2, -0.15) is 0 Å². The minimum absolute atomic E-state index is 0.149. The van der Waals surface area contributed by atoms with Crippen LogP contribution in [0.1, 0.15) is 19.3 Å². The second kappa shape index (κ2) is 15.9. The first-order valence-corrected chi connectivity index (χ1v) is 18.2. The van der Waals surface area contributed by atoms with E-state index in [-0.39, 0.29) is 28.7 Å². The zero-order valence-electron chi connectivity index (χ0n) is 31.3. The van der Waals surface area contributed by atoms with Gasteiger partial charge < -0.3 is 29.9 Å². The molecule has 2 saturated heterocycles. The van der Waals surface area contributed by atoms with Crippen molar-refractivity contribution in [3.63, 3.8) is 0 Å². The molecular weight excluding hydrogens is 706 g/mol. The minimum atomic E-state index is -0.445. The van der Waals surface area contributed by atoms with E-state index in [2.05, 4.69) is 38.8 Å². The minimum Gasteiger partial charge on any atom is -0.494 e. The van der Waals surface area contributed by atoms with E-state index in [1.807, 2.05) is 12.1 Å². The molecule has 0 spiro atoms. The average molecular weight is 751 g/mol. The van der Waals surface area contributed by atoms with E-state index >= 15 is 0 Å². The molecule has 0 unspecified atom stereocenters. The number of hydrogen-bond donors (Lipinski definition) is 1. The number of nitrogens with zero attached hydrogens (tertiary/aromatic N) is 7. The van der Waals surface area contributed by atoms with E-state index in [0.29, 0.717) is 40.1 Å². The second-order valence-corrected chi connectivity index (χ2v) is 14.1. The Hall–Kier alpha value is -5.86. The van der Waals surface area contributed by atoms with Crippen molar-refractivity contribution in [1.82, 2.24) is 23.7 Å². The fourth-order valence-corrected chi connectivity index (χ4v) is 7.04. The number of anilines is 2. The van der Waals surface area contributed by atoms with Crippen molar-refractivity contribution in [2.75, 3.05) is 64.3 Å². The third-order valence-electron chi connectivity index (χ3n) is 10.3. The lowest BCUT2D eigenvalue weighted by Gasteiger charge is -2.31. The van der Waals surface area contributed by atoms with Crippen molar-refractivity contribution >= 4 is 22.9 Å². The van der Waals surface area contributed by atoms with Gasteiger partial charge in [-0.1, -0.05) is 12.1 Å². The van der Waals surface area contributed by atoms with E-state index < -0.39 is 11.6 Å². The normalized spacial score (nSPS) is 16.1. The molecule has 8 rings (SSSR count). The number of nitrogens with two attached hydrogens (primary N) is 1. The zero-order valence-corrected chi connectivity index (χ0v) is 31.3. The number of aromatic nitrogens is 4. The first kappa shape index (κ1) is 37.5. The molecular formula is C41H44F2N8O4. The Kier molecular flexibility index (Phi) is 10.8. The SMILES string of the molecule is COc1ccc(-c2ccc3nc(N4CCC(N)CC4)cc(=O)n3c2)cc1F.COc1ccc(-c2ccc3nc(N4CC[C@@H](N(C)C)C4)cc(=O)n3c2)cc1F. The molecule has 55 heavy (non-hydrogen) atoms. The fourth-order valence-electron chi connectivity index (χ4n) is 7.04. The maximum atomic E-state index is 14.0. The van der Waals surface area contributed by atoms with Crippen molar-refractivity contribution in [3.8, 4) is 33.8 Å². The van der Waals surface area contributed by atoms with Crippen LogP contribution in [0, 0.1) is 11.6 Å². The number of hydrogen-bond acceptors (Lipinski definition) is 10. The van der Waals surface area contributed by atoms with Crippen molar-refractivity contribution in [1.29, 1.82) is 0 Å². The van der Waals surface area contributed by atoms with Gasteiger partial charge in [-0.15, -0.1) is 0 Å². The van der Waals surface area contributed by atoms with Gasteiger partial charge in [-0.05, 0) is 104 Å². The topological polar surface area (TPSA) is 123 Å². The number of piperidine rings is 1. The van der Waals surface area contributed by atoms with E-state index in [0.717, 1.165) is 56.6 Å². The number of ether oxygens (including phenoxy) is 2. The Bertz CT molecular complexity index is 2460. The van der Waals surface area contributed by atoms with Crippen LogP contribution in [0.25, 0.3) is 33.5 Å². The molecule has 0 saturated carbocycles. The van der Waals surface area contributed by atoms with Gasteiger partial charge in [0.15, 0.2) is 23.1 Å². The third kappa shape index (κ3) is 8.01. The van der Waals surface area contributed by atoms with Crippen LogP contribution in [0.4, 0.5) is 20.4 Å². The first-order valence-electron chi connectivity index (χ1n) is 18.2. The Morgan fingerprint density at radius 3 is 1.55 bits per heavy atom.